The average molecular weight is 272 g/mol. The molecule has 20 heavy (non-hydrogen) atoms. The van der Waals surface area contributed by atoms with Crippen LogP contribution < -0.4 is 0 Å². The van der Waals surface area contributed by atoms with Gasteiger partial charge in [0, 0.05) is 6.42 Å². The highest BCUT2D eigenvalue weighted by atomic mass is 16.5. The highest BCUT2D eigenvalue weighted by molar-refractivity contribution is 5.78. The molecule has 1 atom stereocenters. The second kappa shape index (κ2) is 8.01. The van der Waals surface area contributed by atoms with E-state index in [4.69, 9.17) is 4.74 Å². The molecule has 1 aliphatic rings. The van der Waals surface area contributed by atoms with Crippen molar-refractivity contribution in [2.24, 2.45) is 0 Å². The monoisotopic (exact) mass is 272 g/mol. The number of hydrogen-bond donors (Lipinski definition) is 0. The minimum Gasteiger partial charge on any atom is -0.374 e. The van der Waals surface area contributed by atoms with Crippen molar-refractivity contribution in [3.8, 4) is 0 Å². The Hall–Kier alpha value is -1.41. The molecule has 0 aliphatic heterocycles. The molecule has 2 nitrogen and oxygen atoms in total. The van der Waals surface area contributed by atoms with Crippen molar-refractivity contribution in [3.05, 3.63) is 47.5 Å². The highest BCUT2D eigenvalue weighted by Gasteiger charge is 2.09. The number of rotatable bonds is 5. The van der Waals surface area contributed by atoms with Crippen LogP contribution in [-0.4, -0.2) is 11.9 Å². The van der Waals surface area contributed by atoms with Crippen molar-refractivity contribution in [2.45, 2.75) is 58.2 Å². The van der Waals surface area contributed by atoms with Crippen LogP contribution in [0.2, 0.25) is 0 Å². The van der Waals surface area contributed by atoms with Crippen LogP contribution in [0.1, 0.15) is 50.2 Å². The molecule has 0 radical (unpaired) electrons. The van der Waals surface area contributed by atoms with Gasteiger partial charge in [-0.3, -0.25) is 4.79 Å². The fourth-order valence-corrected chi connectivity index (χ4v) is 2.55. The molecule has 0 saturated heterocycles. The van der Waals surface area contributed by atoms with E-state index < -0.39 is 0 Å². The predicted octanol–water partition coefficient (Wildman–Crippen LogP) is 4.22. The van der Waals surface area contributed by atoms with Crippen molar-refractivity contribution in [2.75, 3.05) is 0 Å². The molecule has 1 aromatic carbocycles. The Kier molecular flexibility index (Phi) is 6.00. The third-order valence-corrected chi connectivity index (χ3v) is 3.68. The van der Waals surface area contributed by atoms with E-state index in [1.807, 2.05) is 12.1 Å². The van der Waals surface area contributed by atoms with Crippen molar-refractivity contribution in [1.29, 1.82) is 0 Å². The molecule has 108 valence electrons. The van der Waals surface area contributed by atoms with Gasteiger partial charge in [0.25, 0.3) is 0 Å². The lowest BCUT2D eigenvalue weighted by molar-refractivity contribution is -0.116. The number of hydrogen-bond acceptors (Lipinski definition) is 2. The molecule has 0 aromatic heterocycles. The normalized spacial score (nSPS) is 20.9. The van der Waals surface area contributed by atoms with Gasteiger partial charge in [-0.15, -0.1) is 0 Å². The van der Waals surface area contributed by atoms with Crippen molar-refractivity contribution in [1.82, 2.24) is 0 Å². The first-order valence-corrected chi connectivity index (χ1v) is 7.58. The van der Waals surface area contributed by atoms with E-state index in [9.17, 15) is 4.79 Å². The zero-order valence-corrected chi connectivity index (χ0v) is 12.3. The van der Waals surface area contributed by atoms with Crippen LogP contribution in [0.25, 0.3) is 0 Å². The Morgan fingerprint density at radius 2 is 1.80 bits per heavy atom. The third-order valence-electron chi connectivity index (χ3n) is 3.68. The molecule has 0 spiro atoms. The molecule has 0 heterocycles. The van der Waals surface area contributed by atoms with E-state index in [0.717, 1.165) is 24.8 Å². The number of allylic oxidation sites excluding steroid dienone is 2. The summed E-state index contributed by atoms with van der Waals surface area (Å²) >= 11 is 0. The number of carbonyl (C=O) groups is 1. The van der Waals surface area contributed by atoms with Gasteiger partial charge in [-0.2, -0.15) is 0 Å². The Morgan fingerprint density at radius 3 is 2.55 bits per heavy atom. The zero-order chi connectivity index (χ0) is 14.2. The predicted molar refractivity (Wildman–Crippen MR) is 81.6 cm³/mol. The molecule has 2 heteroatoms. The topological polar surface area (TPSA) is 26.3 Å². The molecule has 2 rings (SSSR count). The number of benzene rings is 1. The summed E-state index contributed by atoms with van der Waals surface area (Å²) in [6, 6.07) is 8.20. The van der Waals surface area contributed by atoms with Crippen molar-refractivity contribution >= 4 is 5.78 Å². The lowest BCUT2D eigenvalue weighted by atomic mass is 10.0. The van der Waals surface area contributed by atoms with Gasteiger partial charge in [0.2, 0.25) is 0 Å². The number of ether oxygens (including phenoxy) is 1. The van der Waals surface area contributed by atoms with Crippen LogP contribution in [0.15, 0.2) is 36.4 Å². The molecule has 0 bridgehead atoms. The van der Waals surface area contributed by atoms with E-state index in [0.29, 0.717) is 19.1 Å². The summed E-state index contributed by atoms with van der Waals surface area (Å²) in [5, 5.41) is 0. The van der Waals surface area contributed by atoms with Gasteiger partial charge in [-0.25, -0.2) is 0 Å². The SMILES string of the molecule is CC(=O)Cc1ccc(COC2CC/C=C/CCC2)cc1. The van der Waals surface area contributed by atoms with Gasteiger partial charge in [0.05, 0.1) is 12.7 Å². The smallest absolute Gasteiger partial charge is 0.134 e. The summed E-state index contributed by atoms with van der Waals surface area (Å²) in [6.07, 6.45) is 11.3. The van der Waals surface area contributed by atoms with Crippen LogP contribution in [0, 0.1) is 0 Å². The van der Waals surface area contributed by atoms with Crippen LogP contribution in [0.4, 0.5) is 0 Å². The van der Waals surface area contributed by atoms with Gasteiger partial charge in [-0.1, -0.05) is 36.4 Å². The molecule has 0 N–H and O–H groups in total. The Morgan fingerprint density at radius 1 is 1.10 bits per heavy atom. The van der Waals surface area contributed by atoms with E-state index in [-0.39, 0.29) is 5.78 Å². The summed E-state index contributed by atoms with van der Waals surface area (Å²) < 4.78 is 6.02. The van der Waals surface area contributed by atoms with Crippen molar-refractivity contribution in [3.63, 3.8) is 0 Å². The lowest BCUT2D eigenvalue weighted by Crippen LogP contribution is -2.13. The second-order valence-corrected chi connectivity index (χ2v) is 5.61. The number of carbonyl (C=O) groups excluding carboxylic acids is 1. The van der Waals surface area contributed by atoms with Crippen LogP contribution in [0.5, 0.6) is 0 Å². The fraction of sp³-hybridized carbons (Fsp3) is 0.500. The van der Waals surface area contributed by atoms with Gasteiger partial charge in [0.15, 0.2) is 0 Å². The average Bonchev–Trinajstić information content (AvgIpc) is 2.38. The first kappa shape index (κ1) is 15.0. The Bertz CT molecular complexity index is 445. The minimum absolute atomic E-state index is 0.205. The Labute approximate surface area is 121 Å². The van der Waals surface area contributed by atoms with E-state index in [1.165, 1.54) is 18.4 Å². The molecule has 1 unspecified atom stereocenters. The molecule has 1 aromatic rings. The summed E-state index contributed by atoms with van der Waals surface area (Å²) in [5.41, 5.74) is 2.27. The maximum absolute atomic E-state index is 11.1. The summed E-state index contributed by atoms with van der Waals surface area (Å²) in [7, 11) is 0. The summed E-state index contributed by atoms with van der Waals surface area (Å²) in [6.45, 7) is 2.30. The zero-order valence-electron chi connectivity index (χ0n) is 12.3. The maximum atomic E-state index is 11.1. The lowest BCUT2D eigenvalue weighted by Gasteiger charge is -2.18. The third kappa shape index (κ3) is 5.30. The van der Waals surface area contributed by atoms with Gasteiger partial charge >= 0.3 is 0 Å². The van der Waals surface area contributed by atoms with E-state index in [2.05, 4.69) is 24.3 Å². The minimum atomic E-state index is 0.205. The first-order valence-electron chi connectivity index (χ1n) is 7.58. The molecule has 0 fully saturated rings. The van der Waals surface area contributed by atoms with Crippen LogP contribution in [-0.2, 0) is 22.6 Å². The quantitative estimate of drug-likeness (QED) is 0.750. The standard InChI is InChI=1S/C18H24O2/c1-15(19)13-16-9-11-17(12-10-16)14-20-18-7-5-3-2-4-6-8-18/h2-3,9-12,18H,4-8,13-14H2,1H3/b3-2+. The van der Waals surface area contributed by atoms with Crippen molar-refractivity contribution < 1.29 is 9.53 Å². The second-order valence-electron chi connectivity index (χ2n) is 5.61. The number of ketones is 1. The highest BCUT2D eigenvalue weighted by Crippen LogP contribution is 2.17. The van der Waals surface area contributed by atoms with E-state index >= 15 is 0 Å². The van der Waals surface area contributed by atoms with Gasteiger partial charge in [0.1, 0.15) is 5.78 Å². The number of Topliss-reactive ketones (excluding diaryl/α,β-unsaturated/α-hetero) is 1. The summed E-state index contributed by atoms with van der Waals surface area (Å²) in [5.74, 6) is 0.205. The molecule has 1 aliphatic carbocycles. The van der Waals surface area contributed by atoms with Gasteiger partial charge in [-0.05, 0) is 50.2 Å². The first-order chi connectivity index (χ1) is 9.74. The summed E-state index contributed by atoms with van der Waals surface area (Å²) in [4.78, 5) is 11.1. The van der Waals surface area contributed by atoms with E-state index in [1.54, 1.807) is 6.92 Å². The molecular weight excluding hydrogens is 248 g/mol. The van der Waals surface area contributed by atoms with Gasteiger partial charge < -0.3 is 4.74 Å². The maximum Gasteiger partial charge on any atom is 0.134 e. The Balaban J connectivity index is 1.80. The molecular formula is C18H24O2. The van der Waals surface area contributed by atoms with Crippen LogP contribution in [0.3, 0.4) is 0 Å². The molecule has 0 amide bonds. The molecule has 0 saturated carbocycles. The van der Waals surface area contributed by atoms with Crippen LogP contribution >= 0.6 is 0 Å². The fourth-order valence-electron chi connectivity index (χ4n) is 2.55. The largest absolute Gasteiger partial charge is 0.374 e.